The first-order chi connectivity index (χ1) is 8.59. The summed E-state index contributed by atoms with van der Waals surface area (Å²) < 4.78 is 0. The second kappa shape index (κ2) is 6.25. The number of benzene rings is 1. The Kier molecular flexibility index (Phi) is 4.91. The third kappa shape index (κ3) is 3.18. The average Bonchev–Trinajstić information content (AvgIpc) is 2.75. The molecule has 3 unspecified atom stereocenters. The van der Waals surface area contributed by atoms with Crippen molar-refractivity contribution in [3.8, 4) is 0 Å². The summed E-state index contributed by atoms with van der Waals surface area (Å²) in [7, 11) is 0. The van der Waals surface area contributed by atoms with Gasteiger partial charge in [-0.1, -0.05) is 41.8 Å². The van der Waals surface area contributed by atoms with Crippen LogP contribution in [0.25, 0.3) is 0 Å². The summed E-state index contributed by atoms with van der Waals surface area (Å²) in [5.74, 6) is 0.366. The lowest BCUT2D eigenvalue weighted by atomic mass is 10.0. The first kappa shape index (κ1) is 14.1. The summed E-state index contributed by atoms with van der Waals surface area (Å²) in [4.78, 5) is 0. The number of rotatable bonds is 4. The van der Waals surface area contributed by atoms with Crippen LogP contribution in [0.4, 0.5) is 0 Å². The standard InChI is InChI=1S/C14H19Cl2NO/c1-9(11-5-3-6-12(15)14(11)16)17-8-10-4-2-7-13(10)18/h3,5-6,9-10,13,17-18H,2,4,7-8H2,1H3. The van der Waals surface area contributed by atoms with Crippen LogP contribution in [0.1, 0.15) is 37.8 Å². The third-order valence-electron chi connectivity index (χ3n) is 3.75. The van der Waals surface area contributed by atoms with E-state index in [0.717, 1.165) is 31.4 Å². The van der Waals surface area contributed by atoms with Crippen LogP contribution in [0.2, 0.25) is 10.0 Å². The van der Waals surface area contributed by atoms with Gasteiger partial charge < -0.3 is 10.4 Å². The molecule has 1 fully saturated rings. The van der Waals surface area contributed by atoms with Gasteiger partial charge >= 0.3 is 0 Å². The topological polar surface area (TPSA) is 32.3 Å². The zero-order valence-corrected chi connectivity index (χ0v) is 12.0. The average molecular weight is 288 g/mol. The Bertz CT molecular complexity index is 411. The molecule has 0 saturated heterocycles. The molecule has 3 atom stereocenters. The highest BCUT2D eigenvalue weighted by molar-refractivity contribution is 6.42. The number of aliphatic hydroxyl groups is 1. The van der Waals surface area contributed by atoms with Crippen LogP contribution in [0, 0.1) is 5.92 Å². The van der Waals surface area contributed by atoms with Crippen molar-refractivity contribution in [3.63, 3.8) is 0 Å². The lowest BCUT2D eigenvalue weighted by molar-refractivity contribution is 0.130. The van der Waals surface area contributed by atoms with E-state index in [9.17, 15) is 5.11 Å². The number of halogens is 2. The molecule has 2 rings (SSSR count). The Hall–Kier alpha value is -0.280. The van der Waals surface area contributed by atoms with Gasteiger partial charge in [0.05, 0.1) is 16.1 Å². The lowest BCUT2D eigenvalue weighted by Crippen LogP contribution is -2.29. The summed E-state index contributed by atoms with van der Waals surface area (Å²) in [5.41, 5.74) is 1.01. The van der Waals surface area contributed by atoms with Crippen LogP contribution in [-0.4, -0.2) is 17.8 Å². The minimum absolute atomic E-state index is 0.143. The number of hydrogen-bond acceptors (Lipinski definition) is 2. The molecule has 0 spiro atoms. The smallest absolute Gasteiger partial charge is 0.0639 e. The second-order valence-corrected chi connectivity index (χ2v) is 5.82. The summed E-state index contributed by atoms with van der Waals surface area (Å²) in [6, 6.07) is 5.83. The van der Waals surface area contributed by atoms with E-state index in [1.807, 2.05) is 12.1 Å². The Labute approximate surface area is 118 Å². The second-order valence-electron chi connectivity index (χ2n) is 5.03. The van der Waals surface area contributed by atoms with E-state index < -0.39 is 0 Å². The fourth-order valence-electron chi connectivity index (χ4n) is 2.55. The molecule has 100 valence electrons. The molecule has 1 aliphatic rings. The normalized spacial score (nSPS) is 25.3. The van der Waals surface area contributed by atoms with Gasteiger partial charge in [0.2, 0.25) is 0 Å². The largest absolute Gasteiger partial charge is 0.393 e. The maximum atomic E-state index is 9.78. The molecule has 0 amide bonds. The van der Waals surface area contributed by atoms with Crippen LogP contribution < -0.4 is 5.32 Å². The van der Waals surface area contributed by atoms with E-state index in [2.05, 4.69) is 12.2 Å². The highest BCUT2D eigenvalue weighted by Gasteiger charge is 2.25. The van der Waals surface area contributed by atoms with Crippen LogP contribution >= 0.6 is 23.2 Å². The van der Waals surface area contributed by atoms with E-state index in [-0.39, 0.29) is 12.1 Å². The fraction of sp³-hybridized carbons (Fsp3) is 0.571. The summed E-state index contributed by atoms with van der Waals surface area (Å²) in [6.45, 7) is 2.89. The molecule has 1 aliphatic carbocycles. The van der Waals surface area contributed by atoms with Crippen molar-refractivity contribution in [2.75, 3.05) is 6.54 Å². The molecule has 0 heterocycles. The number of aliphatic hydroxyl groups excluding tert-OH is 1. The summed E-state index contributed by atoms with van der Waals surface area (Å²) in [6.07, 6.45) is 3.00. The van der Waals surface area contributed by atoms with Gasteiger partial charge in [-0.15, -0.1) is 0 Å². The molecule has 0 aromatic heterocycles. The molecule has 1 saturated carbocycles. The Morgan fingerprint density at radius 2 is 2.17 bits per heavy atom. The van der Waals surface area contributed by atoms with Crippen molar-refractivity contribution >= 4 is 23.2 Å². The molecule has 0 bridgehead atoms. The maximum Gasteiger partial charge on any atom is 0.0639 e. The molecule has 18 heavy (non-hydrogen) atoms. The SMILES string of the molecule is CC(NCC1CCCC1O)c1cccc(Cl)c1Cl. The van der Waals surface area contributed by atoms with Crippen LogP contribution in [0.15, 0.2) is 18.2 Å². The molecule has 1 aromatic carbocycles. The zero-order chi connectivity index (χ0) is 13.1. The monoisotopic (exact) mass is 287 g/mol. The van der Waals surface area contributed by atoms with Gasteiger partial charge in [-0.25, -0.2) is 0 Å². The van der Waals surface area contributed by atoms with Crippen molar-refractivity contribution in [2.45, 2.75) is 38.3 Å². The Morgan fingerprint density at radius 3 is 2.83 bits per heavy atom. The molecule has 2 N–H and O–H groups in total. The van der Waals surface area contributed by atoms with Gasteiger partial charge in [0.15, 0.2) is 0 Å². The van der Waals surface area contributed by atoms with Gasteiger partial charge in [-0.05, 0) is 37.3 Å². The van der Waals surface area contributed by atoms with E-state index in [1.54, 1.807) is 6.07 Å². The van der Waals surface area contributed by atoms with Gasteiger partial charge in [0.1, 0.15) is 0 Å². The van der Waals surface area contributed by atoms with E-state index in [4.69, 9.17) is 23.2 Å². The fourth-order valence-corrected chi connectivity index (χ4v) is 3.02. The molecule has 1 aromatic rings. The zero-order valence-electron chi connectivity index (χ0n) is 10.5. The van der Waals surface area contributed by atoms with Crippen molar-refractivity contribution in [1.82, 2.24) is 5.32 Å². The maximum absolute atomic E-state index is 9.78. The van der Waals surface area contributed by atoms with Crippen LogP contribution in [-0.2, 0) is 0 Å². The first-order valence-electron chi connectivity index (χ1n) is 6.45. The van der Waals surface area contributed by atoms with Gasteiger partial charge in [0, 0.05) is 12.6 Å². The van der Waals surface area contributed by atoms with E-state index in [1.165, 1.54) is 0 Å². The molecular weight excluding hydrogens is 269 g/mol. The molecule has 0 aliphatic heterocycles. The number of hydrogen-bond donors (Lipinski definition) is 2. The third-order valence-corrected chi connectivity index (χ3v) is 4.59. The molecule has 0 radical (unpaired) electrons. The van der Waals surface area contributed by atoms with Gasteiger partial charge in [0.25, 0.3) is 0 Å². The van der Waals surface area contributed by atoms with Crippen LogP contribution in [0.5, 0.6) is 0 Å². The first-order valence-corrected chi connectivity index (χ1v) is 7.20. The quantitative estimate of drug-likeness (QED) is 0.883. The summed E-state index contributed by atoms with van der Waals surface area (Å²) >= 11 is 12.2. The van der Waals surface area contributed by atoms with Gasteiger partial charge in [-0.2, -0.15) is 0 Å². The number of nitrogens with one attached hydrogen (secondary N) is 1. The molecule has 2 nitrogen and oxygen atoms in total. The van der Waals surface area contributed by atoms with Crippen molar-refractivity contribution in [2.24, 2.45) is 5.92 Å². The van der Waals surface area contributed by atoms with Crippen LogP contribution in [0.3, 0.4) is 0 Å². The van der Waals surface area contributed by atoms with Crippen molar-refractivity contribution < 1.29 is 5.11 Å². The minimum atomic E-state index is -0.153. The lowest BCUT2D eigenvalue weighted by Gasteiger charge is -2.20. The predicted octanol–water partition coefficient (Wildman–Crippen LogP) is 3.81. The predicted molar refractivity (Wildman–Crippen MR) is 76.2 cm³/mol. The molecular formula is C14H19Cl2NO. The summed E-state index contributed by atoms with van der Waals surface area (Å²) in [5, 5.41) is 14.4. The highest BCUT2D eigenvalue weighted by atomic mass is 35.5. The highest BCUT2D eigenvalue weighted by Crippen LogP contribution is 2.30. The minimum Gasteiger partial charge on any atom is -0.393 e. The Balaban J connectivity index is 1.95. The van der Waals surface area contributed by atoms with Crippen molar-refractivity contribution in [3.05, 3.63) is 33.8 Å². The Morgan fingerprint density at radius 1 is 1.39 bits per heavy atom. The van der Waals surface area contributed by atoms with Gasteiger partial charge in [-0.3, -0.25) is 0 Å². The van der Waals surface area contributed by atoms with Crippen molar-refractivity contribution in [1.29, 1.82) is 0 Å². The molecule has 4 heteroatoms. The van der Waals surface area contributed by atoms with E-state index in [0.29, 0.717) is 16.0 Å². The van der Waals surface area contributed by atoms with E-state index >= 15 is 0 Å².